The van der Waals surface area contributed by atoms with E-state index in [1.165, 1.54) is 21.9 Å². The number of hydrogen-bond acceptors (Lipinski definition) is 4. The van der Waals surface area contributed by atoms with E-state index in [9.17, 15) is 0 Å². The largest absolute Gasteiger partial charge is 0.455 e. The zero-order chi connectivity index (χ0) is 33.7. The van der Waals surface area contributed by atoms with Crippen molar-refractivity contribution in [2.75, 3.05) is 0 Å². The molecule has 0 fully saturated rings. The lowest BCUT2D eigenvalue weighted by molar-refractivity contribution is 0.670. The van der Waals surface area contributed by atoms with Crippen molar-refractivity contribution in [1.82, 2.24) is 15.0 Å². The Bertz CT molecular complexity index is 2830. The van der Waals surface area contributed by atoms with Gasteiger partial charge in [-0.1, -0.05) is 146 Å². The van der Waals surface area contributed by atoms with Crippen molar-refractivity contribution < 1.29 is 4.42 Å². The summed E-state index contributed by atoms with van der Waals surface area (Å²) in [4.78, 5) is 15.7. The van der Waals surface area contributed by atoms with Crippen molar-refractivity contribution in [3.05, 3.63) is 176 Å². The first-order valence-electron chi connectivity index (χ1n) is 17.4. The Morgan fingerprint density at radius 1 is 0.490 bits per heavy atom. The fraction of sp³-hybridized carbons (Fsp3) is 0.0426. The van der Waals surface area contributed by atoms with Gasteiger partial charge in [0.1, 0.15) is 17.0 Å². The summed E-state index contributed by atoms with van der Waals surface area (Å²) >= 11 is 0. The van der Waals surface area contributed by atoms with Gasteiger partial charge in [0, 0.05) is 33.4 Å². The number of furan rings is 1. The lowest BCUT2D eigenvalue weighted by atomic mass is 9.95. The van der Waals surface area contributed by atoms with Crippen LogP contribution >= 0.6 is 0 Å². The Kier molecular flexibility index (Phi) is 6.91. The van der Waals surface area contributed by atoms with Gasteiger partial charge in [0.05, 0.1) is 0 Å². The van der Waals surface area contributed by atoms with Crippen LogP contribution in [-0.2, 0) is 0 Å². The van der Waals surface area contributed by atoms with Crippen molar-refractivity contribution in [3.63, 3.8) is 0 Å². The first kappa shape index (κ1) is 29.3. The van der Waals surface area contributed by atoms with Crippen LogP contribution in [0.1, 0.15) is 18.2 Å². The number of benzene rings is 7. The molecule has 51 heavy (non-hydrogen) atoms. The van der Waals surface area contributed by atoms with Crippen LogP contribution in [0.15, 0.2) is 174 Å². The minimum Gasteiger partial charge on any atom is -0.455 e. The first-order chi connectivity index (χ1) is 25.3. The molecule has 4 nitrogen and oxygen atoms in total. The zero-order valence-electron chi connectivity index (χ0n) is 27.7. The lowest BCUT2D eigenvalue weighted by Gasteiger charge is -2.16. The predicted molar refractivity (Wildman–Crippen MR) is 209 cm³/mol. The molecule has 10 rings (SSSR count). The topological polar surface area (TPSA) is 51.8 Å². The van der Waals surface area contributed by atoms with E-state index >= 15 is 0 Å². The monoisotopic (exact) mass is 653 g/mol. The van der Waals surface area contributed by atoms with Crippen molar-refractivity contribution in [3.8, 4) is 45.0 Å². The summed E-state index contributed by atoms with van der Waals surface area (Å²) < 4.78 is 6.69. The molecule has 1 atom stereocenters. The molecule has 0 N–H and O–H groups in total. The van der Waals surface area contributed by atoms with Crippen molar-refractivity contribution >= 4 is 43.5 Å². The van der Waals surface area contributed by atoms with Crippen LogP contribution in [0.4, 0.5) is 0 Å². The van der Waals surface area contributed by atoms with Gasteiger partial charge < -0.3 is 4.42 Å². The fourth-order valence-corrected chi connectivity index (χ4v) is 7.53. The van der Waals surface area contributed by atoms with Crippen LogP contribution in [0, 0.1) is 0 Å². The highest BCUT2D eigenvalue weighted by atomic mass is 16.3. The van der Waals surface area contributed by atoms with Crippen LogP contribution in [-0.4, -0.2) is 15.0 Å². The maximum atomic E-state index is 6.69. The fourth-order valence-electron chi connectivity index (χ4n) is 7.53. The molecule has 4 heteroatoms. The molecule has 7 aromatic carbocycles. The normalized spacial score (nSPS) is 14.2. The number of nitrogens with zero attached hydrogens (tertiary/aromatic N) is 3. The summed E-state index contributed by atoms with van der Waals surface area (Å²) in [5, 5.41) is 6.70. The molecule has 1 unspecified atom stereocenters. The quantitative estimate of drug-likeness (QED) is 0.173. The van der Waals surface area contributed by atoms with Gasteiger partial charge in [-0.25, -0.2) is 15.0 Å². The van der Waals surface area contributed by atoms with E-state index in [1.54, 1.807) is 0 Å². The highest BCUT2D eigenvalue weighted by molar-refractivity contribution is 6.16. The molecule has 1 aliphatic rings. The number of rotatable bonds is 5. The molecule has 0 saturated carbocycles. The molecule has 9 aromatic rings. The second kappa shape index (κ2) is 12.0. The van der Waals surface area contributed by atoms with E-state index in [4.69, 9.17) is 19.4 Å². The minimum atomic E-state index is 0.0428. The summed E-state index contributed by atoms with van der Waals surface area (Å²) in [5.74, 6) is 2.11. The number of allylic oxidation sites excluding steroid dienone is 4. The van der Waals surface area contributed by atoms with E-state index < -0.39 is 0 Å². The number of aromatic nitrogens is 3. The Hall–Kier alpha value is -6.65. The van der Waals surface area contributed by atoms with Gasteiger partial charge in [-0.3, -0.25) is 0 Å². The third-order valence-corrected chi connectivity index (χ3v) is 10.0. The van der Waals surface area contributed by atoms with Gasteiger partial charge >= 0.3 is 0 Å². The Morgan fingerprint density at radius 2 is 1.14 bits per heavy atom. The molecule has 0 aliphatic heterocycles. The smallest absolute Gasteiger partial charge is 0.164 e. The zero-order valence-corrected chi connectivity index (χ0v) is 27.7. The third-order valence-electron chi connectivity index (χ3n) is 10.0. The standard InChI is InChI=1S/C47H31N3O/c1-3-13-30(14-4-1)31-23-25-32(26-24-31)36-27-28-40(43-39-21-11-12-22-42(39)51-44(36)43)46-48-45(33-15-5-2-6-16-33)49-47(50-46)41-29-34-17-7-8-18-35(34)37-19-9-10-20-38(37)41/h1-15,17-29,33H,16H2. The molecule has 0 saturated heterocycles. The van der Waals surface area contributed by atoms with E-state index in [0.29, 0.717) is 11.6 Å². The van der Waals surface area contributed by atoms with Crippen LogP contribution in [0.5, 0.6) is 0 Å². The molecule has 240 valence electrons. The molecular weight excluding hydrogens is 623 g/mol. The highest BCUT2D eigenvalue weighted by Gasteiger charge is 2.23. The molecule has 0 bridgehead atoms. The third kappa shape index (κ3) is 5.03. The Morgan fingerprint density at radius 3 is 1.94 bits per heavy atom. The lowest BCUT2D eigenvalue weighted by Crippen LogP contribution is -2.08. The Balaban J connectivity index is 1.20. The summed E-state index contributed by atoms with van der Waals surface area (Å²) in [6, 6.07) is 51.0. The van der Waals surface area contributed by atoms with Crippen LogP contribution in [0.2, 0.25) is 0 Å². The molecule has 0 radical (unpaired) electrons. The van der Waals surface area contributed by atoms with Crippen molar-refractivity contribution in [2.24, 2.45) is 0 Å². The molecule has 0 spiro atoms. The van der Waals surface area contributed by atoms with E-state index in [1.807, 2.05) is 18.2 Å². The van der Waals surface area contributed by atoms with Crippen LogP contribution in [0.3, 0.4) is 0 Å². The number of hydrogen-bond donors (Lipinski definition) is 0. The van der Waals surface area contributed by atoms with Crippen molar-refractivity contribution in [2.45, 2.75) is 12.3 Å². The van der Waals surface area contributed by atoms with E-state index in [2.05, 4.69) is 152 Å². The van der Waals surface area contributed by atoms with Gasteiger partial charge in [0.2, 0.25) is 0 Å². The van der Waals surface area contributed by atoms with E-state index in [0.717, 1.165) is 67.2 Å². The van der Waals surface area contributed by atoms with Crippen molar-refractivity contribution in [1.29, 1.82) is 0 Å². The summed E-state index contributed by atoms with van der Waals surface area (Å²) in [7, 11) is 0. The van der Waals surface area contributed by atoms with E-state index in [-0.39, 0.29) is 5.92 Å². The highest BCUT2D eigenvalue weighted by Crippen LogP contribution is 2.42. The van der Waals surface area contributed by atoms with Crippen LogP contribution in [0.25, 0.3) is 88.5 Å². The molecular formula is C47H31N3O. The molecule has 0 amide bonds. The average molecular weight is 654 g/mol. The van der Waals surface area contributed by atoms with Gasteiger partial charge in [-0.05, 0) is 68.9 Å². The van der Waals surface area contributed by atoms with Crippen LogP contribution < -0.4 is 0 Å². The first-order valence-corrected chi connectivity index (χ1v) is 17.4. The molecule has 2 heterocycles. The summed E-state index contributed by atoms with van der Waals surface area (Å²) in [6.45, 7) is 0. The maximum absolute atomic E-state index is 6.69. The predicted octanol–water partition coefficient (Wildman–Crippen LogP) is 12.3. The second-order valence-electron chi connectivity index (χ2n) is 13.1. The summed E-state index contributed by atoms with van der Waals surface area (Å²) in [6.07, 6.45) is 9.37. The molecule has 1 aliphatic carbocycles. The van der Waals surface area contributed by atoms with Gasteiger partial charge in [0.25, 0.3) is 0 Å². The summed E-state index contributed by atoms with van der Waals surface area (Å²) in [5.41, 5.74) is 8.05. The average Bonchev–Trinajstić information content (AvgIpc) is 3.61. The van der Waals surface area contributed by atoms with Gasteiger partial charge in [-0.15, -0.1) is 0 Å². The second-order valence-corrected chi connectivity index (χ2v) is 13.1. The maximum Gasteiger partial charge on any atom is 0.164 e. The SMILES string of the molecule is C1=CCC(c2nc(-c3cc4ccccc4c4ccccc34)nc(-c3ccc(-c4ccc(-c5ccccc5)cc4)c4oc5ccccc5c34)n2)C=C1. The molecule has 2 aromatic heterocycles. The number of fused-ring (bicyclic) bond motifs is 6. The Labute approximate surface area is 295 Å². The number of para-hydroxylation sites is 1. The van der Waals surface area contributed by atoms with Gasteiger partial charge in [-0.2, -0.15) is 0 Å². The van der Waals surface area contributed by atoms with Gasteiger partial charge in [0.15, 0.2) is 11.6 Å². The minimum absolute atomic E-state index is 0.0428.